The Morgan fingerprint density at radius 3 is 3.04 bits per heavy atom. The van der Waals surface area contributed by atoms with Crippen molar-refractivity contribution in [1.82, 2.24) is 0 Å². The van der Waals surface area contributed by atoms with E-state index in [0.717, 1.165) is 37.2 Å². The van der Waals surface area contributed by atoms with Crippen LogP contribution in [-0.4, -0.2) is 18.0 Å². The first kappa shape index (κ1) is 14.1. The number of carbonyl (C=O) groups excluding carboxylic acids is 1. The van der Waals surface area contributed by atoms with Crippen molar-refractivity contribution in [2.45, 2.75) is 51.0 Å². The number of ether oxygens (including phenoxy) is 1. The fourth-order valence-corrected chi connectivity index (χ4v) is 7.60. The third-order valence-electron chi connectivity index (χ3n) is 8.56. The van der Waals surface area contributed by atoms with Crippen LogP contribution in [0.2, 0.25) is 0 Å². The van der Waals surface area contributed by atoms with Gasteiger partial charge in [0, 0.05) is 18.3 Å². The lowest BCUT2D eigenvalue weighted by molar-refractivity contribution is -0.119. The van der Waals surface area contributed by atoms with Crippen molar-refractivity contribution in [3.05, 3.63) is 35.5 Å². The first-order valence-corrected chi connectivity index (χ1v) is 9.87. The van der Waals surface area contributed by atoms with Crippen molar-refractivity contribution in [1.29, 1.82) is 0 Å². The number of hydrogen-bond acceptors (Lipinski definition) is 2. The van der Waals surface area contributed by atoms with E-state index in [1.165, 1.54) is 24.8 Å². The topological polar surface area (TPSA) is 26.3 Å². The molecule has 24 heavy (non-hydrogen) atoms. The zero-order valence-electron chi connectivity index (χ0n) is 14.5. The molecule has 0 aromatic rings. The third kappa shape index (κ3) is 1.47. The van der Waals surface area contributed by atoms with E-state index in [4.69, 9.17) is 4.74 Å². The Morgan fingerprint density at radius 1 is 1.29 bits per heavy atom. The molecule has 0 aromatic carbocycles. The van der Waals surface area contributed by atoms with Gasteiger partial charge in [-0.3, -0.25) is 4.79 Å². The zero-order chi connectivity index (χ0) is 16.1. The van der Waals surface area contributed by atoms with Gasteiger partial charge in [-0.1, -0.05) is 36.8 Å². The normalized spacial score (nSPS) is 53.9. The molecule has 0 bridgehead atoms. The molecule has 2 nitrogen and oxygen atoms in total. The lowest BCUT2D eigenvalue weighted by atomic mass is 9.52. The maximum Gasteiger partial charge on any atom is 0.137 e. The Kier molecular flexibility index (Phi) is 2.54. The Hall–Kier alpha value is -1.15. The van der Waals surface area contributed by atoms with Crippen molar-refractivity contribution >= 4 is 5.78 Å². The van der Waals surface area contributed by atoms with Gasteiger partial charge < -0.3 is 4.74 Å². The number of ketones is 1. The standard InChI is InChI=1S/C22H26O2/c1-21-9-7-16-15-6-4-14(23)11-13(15)3-5-17(16)20(21)18-12-19(18)22(21)8-2-10-24-22/h2-3,5,8,16-20H,4,6-7,9-12H2,1H3/t16?,17?,18?,19?,20?,21-,22-/m0/s1. The average molecular weight is 322 g/mol. The highest BCUT2D eigenvalue weighted by Crippen LogP contribution is 2.76. The molecule has 3 fully saturated rings. The Balaban J connectivity index is 1.41. The lowest BCUT2D eigenvalue weighted by Crippen LogP contribution is -2.53. The van der Waals surface area contributed by atoms with Gasteiger partial charge >= 0.3 is 0 Å². The molecule has 1 aliphatic heterocycles. The molecule has 6 rings (SSSR count). The fourth-order valence-electron chi connectivity index (χ4n) is 7.60. The molecule has 5 aliphatic carbocycles. The molecule has 0 N–H and O–H groups in total. The Morgan fingerprint density at radius 2 is 2.21 bits per heavy atom. The summed E-state index contributed by atoms with van der Waals surface area (Å²) in [6, 6.07) is 0. The molecule has 2 heteroatoms. The summed E-state index contributed by atoms with van der Waals surface area (Å²) >= 11 is 0. The first-order chi connectivity index (χ1) is 11.6. The minimum atomic E-state index is 0.0400. The third-order valence-corrected chi connectivity index (χ3v) is 8.56. The lowest BCUT2D eigenvalue weighted by Gasteiger charge is -2.54. The van der Waals surface area contributed by atoms with Crippen LogP contribution in [0.15, 0.2) is 35.5 Å². The first-order valence-electron chi connectivity index (χ1n) is 9.87. The van der Waals surface area contributed by atoms with Gasteiger partial charge in [0.05, 0.1) is 12.2 Å². The van der Waals surface area contributed by atoms with Crippen LogP contribution < -0.4 is 0 Å². The molecule has 6 aliphatic rings. The molecule has 0 aromatic heterocycles. The van der Waals surface area contributed by atoms with Crippen LogP contribution in [0.3, 0.4) is 0 Å². The molecule has 3 saturated carbocycles. The van der Waals surface area contributed by atoms with Gasteiger partial charge in [-0.05, 0) is 60.8 Å². The maximum absolute atomic E-state index is 11.8. The average Bonchev–Trinajstić information content (AvgIpc) is 3.13. The van der Waals surface area contributed by atoms with Crippen molar-refractivity contribution < 1.29 is 9.53 Å². The fraction of sp³-hybridized carbons (Fsp3) is 0.682. The molecular weight excluding hydrogens is 296 g/mol. The minimum absolute atomic E-state index is 0.0400. The van der Waals surface area contributed by atoms with E-state index in [2.05, 4.69) is 31.2 Å². The molecule has 126 valence electrons. The van der Waals surface area contributed by atoms with Crippen LogP contribution in [-0.2, 0) is 9.53 Å². The molecule has 0 amide bonds. The molecule has 1 heterocycles. The predicted octanol–water partition coefficient (Wildman–Crippen LogP) is 4.23. The van der Waals surface area contributed by atoms with E-state index in [-0.39, 0.29) is 5.60 Å². The number of Topliss-reactive ketones (excluding diaryl/α,β-unsaturated/α-hetero) is 1. The van der Waals surface area contributed by atoms with Gasteiger partial charge in [0.1, 0.15) is 5.78 Å². The summed E-state index contributed by atoms with van der Waals surface area (Å²) in [6.07, 6.45) is 16.0. The maximum atomic E-state index is 11.8. The summed E-state index contributed by atoms with van der Waals surface area (Å²) in [5, 5.41) is 0. The van der Waals surface area contributed by atoms with Gasteiger partial charge in [0.15, 0.2) is 0 Å². The summed E-state index contributed by atoms with van der Waals surface area (Å²) in [4.78, 5) is 11.8. The largest absolute Gasteiger partial charge is 0.366 e. The number of rotatable bonds is 0. The second-order valence-electron chi connectivity index (χ2n) is 9.30. The van der Waals surface area contributed by atoms with Gasteiger partial charge in [-0.25, -0.2) is 0 Å². The van der Waals surface area contributed by atoms with Crippen LogP contribution in [0, 0.1) is 35.0 Å². The molecule has 5 unspecified atom stereocenters. The van der Waals surface area contributed by atoms with E-state index in [9.17, 15) is 4.79 Å². The molecule has 0 saturated heterocycles. The predicted molar refractivity (Wildman–Crippen MR) is 92.3 cm³/mol. The summed E-state index contributed by atoms with van der Waals surface area (Å²) in [6.45, 7) is 3.34. The van der Waals surface area contributed by atoms with Crippen LogP contribution >= 0.6 is 0 Å². The highest BCUT2D eigenvalue weighted by Gasteiger charge is 2.76. The van der Waals surface area contributed by atoms with Crippen LogP contribution in [0.1, 0.15) is 45.4 Å². The van der Waals surface area contributed by atoms with Gasteiger partial charge in [-0.15, -0.1) is 0 Å². The van der Waals surface area contributed by atoms with E-state index in [1.54, 1.807) is 5.57 Å². The SMILES string of the molecule is C[C@]12CCC3C4=C(C=CC3C1C1CC1[C@@]21C=CCO1)CC(=O)CC4. The van der Waals surface area contributed by atoms with E-state index in [0.29, 0.717) is 29.5 Å². The second-order valence-corrected chi connectivity index (χ2v) is 9.30. The van der Waals surface area contributed by atoms with Crippen LogP contribution in [0.25, 0.3) is 0 Å². The Labute approximate surface area is 144 Å². The van der Waals surface area contributed by atoms with Crippen LogP contribution in [0.4, 0.5) is 0 Å². The van der Waals surface area contributed by atoms with E-state index in [1.807, 2.05) is 0 Å². The smallest absolute Gasteiger partial charge is 0.137 e. The summed E-state index contributed by atoms with van der Waals surface area (Å²) in [5.74, 6) is 4.22. The van der Waals surface area contributed by atoms with E-state index < -0.39 is 0 Å². The number of hydrogen-bond donors (Lipinski definition) is 0. The monoisotopic (exact) mass is 322 g/mol. The summed E-state index contributed by atoms with van der Waals surface area (Å²) < 4.78 is 6.44. The van der Waals surface area contributed by atoms with Crippen molar-refractivity contribution in [2.24, 2.45) is 35.0 Å². The summed E-state index contributed by atoms with van der Waals surface area (Å²) in [7, 11) is 0. The highest BCUT2D eigenvalue weighted by molar-refractivity contribution is 5.83. The molecule has 7 atom stereocenters. The number of fused-ring (bicyclic) bond motifs is 8. The van der Waals surface area contributed by atoms with Crippen LogP contribution in [0.5, 0.6) is 0 Å². The molecule has 0 radical (unpaired) electrons. The number of allylic oxidation sites excluding steroid dienone is 4. The second kappa shape index (κ2) is 4.33. The Bertz CT molecular complexity index is 728. The van der Waals surface area contributed by atoms with Crippen molar-refractivity contribution in [3.63, 3.8) is 0 Å². The highest BCUT2D eigenvalue weighted by atomic mass is 16.5. The van der Waals surface area contributed by atoms with Gasteiger partial charge in [-0.2, -0.15) is 0 Å². The summed E-state index contributed by atoms with van der Waals surface area (Å²) in [5.41, 5.74) is 3.36. The van der Waals surface area contributed by atoms with Crippen molar-refractivity contribution in [2.75, 3.05) is 6.61 Å². The zero-order valence-corrected chi connectivity index (χ0v) is 14.5. The van der Waals surface area contributed by atoms with Gasteiger partial charge in [0.2, 0.25) is 0 Å². The molecular formula is C22H26O2. The van der Waals surface area contributed by atoms with Crippen molar-refractivity contribution in [3.8, 4) is 0 Å². The number of carbonyl (C=O) groups is 1. The van der Waals surface area contributed by atoms with E-state index >= 15 is 0 Å². The molecule has 1 spiro atoms. The minimum Gasteiger partial charge on any atom is -0.366 e. The quantitative estimate of drug-likeness (QED) is 0.624. The van der Waals surface area contributed by atoms with Gasteiger partial charge in [0.25, 0.3) is 0 Å².